The predicted octanol–water partition coefficient (Wildman–Crippen LogP) is 3.19. The highest BCUT2D eigenvalue weighted by molar-refractivity contribution is 7.90. The fourth-order valence-corrected chi connectivity index (χ4v) is 3.12. The normalized spacial score (nSPS) is 12.3. The van der Waals surface area contributed by atoms with E-state index in [9.17, 15) is 13.2 Å². The van der Waals surface area contributed by atoms with Gasteiger partial charge in [0.2, 0.25) is 5.91 Å². The van der Waals surface area contributed by atoms with E-state index in [-0.39, 0.29) is 10.8 Å². The topological polar surface area (TPSA) is 84.5 Å². The highest BCUT2D eigenvalue weighted by atomic mass is 35.5. The standard InChI is InChI=1S/C17H19ClN2O4S/c1-11(17(21)20-13-6-4-12(18)5-7-13)19-15-9-8-14(24-2)10-16(15)25(3,22)23/h4-11,19H,1-3H3,(H,20,21). The Morgan fingerprint density at radius 3 is 2.36 bits per heavy atom. The van der Waals surface area contributed by atoms with Crippen molar-refractivity contribution >= 4 is 38.7 Å². The van der Waals surface area contributed by atoms with E-state index in [1.807, 2.05) is 0 Å². The van der Waals surface area contributed by atoms with Gasteiger partial charge in [-0.2, -0.15) is 0 Å². The van der Waals surface area contributed by atoms with Crippen LogP contribution in [0.25, 0.3) is 0 Å². The Bertz CT molecular complexity index is 867. The summed E-state index contributed by atoms with van der Waals surface area (Å²) in [6, 6.07) is 10.7. The number of nitrogens with one attached hydrogen (secondary N) is 2. The van der Waals surface area contributed by atoms with E-state index in [1.165, 1.54) is 13.2 Å². The van der Waals surface area contributed by atoms with Crippen LogP contribution in [-0.2, 0) is 14.6 Å². The second-order valence-corrected chi connectivity index (χ2v) is 7.92. The molecule has 0 aliphatic carbocycles. The van der Waals surface area contributed by atoms with E-state index in [4.69, 9.17) is 16.3 Å². The summed E-state index contributed by atoms with van der Waals surface area (Å²) >= 11 is 5.81. The third kappa shape index (κ3) is 5.11. The molecule has 1 atom stereocenters. The van der Waals surface area contributed by atoms with Crippen molar-refractivity contribution in [2.24, 2.45) is 0 Å². The lowest BCUT2D eigenvalue weighted by Crippen LogP contribution is -2.32. The summed E-state index contributed by atoms with van der Waals surface area (Å²) in [5.74, 6) is 0.113. The van der Waals surface area contributed by atoms with E-state index in [0.29, 0.717) is 22.1 Å². The molecule has 2 aromatic rings. The Morgan fingerprint density at radius 2 is 1.80 bits per heavy atom. The van der Waals surface area contributed by atoms with Crippen molar-refractivity contribution in [3.05, 3.63) is 47.5 Å². The summed E-state index contributed by atoms with van der Waals surface area (Å²) < 4.78 is 29.0. The molecule has 2 N–H and O–H groups in total. The molecule has 8 heteroatoms. The van der Waals surface area contributed by atoms with Crippen LogP contribution in [-0.4, -0.2) is 33.7 Å². The first-order valence-electron chi connectivity index (χ1n) is 7.42. The van der Waals surface area contributed by atoms with Crippen molar-refractivity contribution in [3.8, 4) is 5.75 Å². The maximum atomic E-state index is 12.3. The molecule has 2 aromatic carbocycles. The molecule has 1 amide bonds. The molecule has 0 saturated heterocycles. The van der Waals surface area contributed by atoms with Crippen molar-refractivity contribution < 1.29 is 17.9 Å². The molecular weight excluding hydrogens is 364 g/mol. The van der Waals surface area contributed by atoms with Gasteiger partial charge in [-0.1, -0.05) is 11.6 Å². The number of sulfone groups is 1. The Morgan fingerprint density at radius 1 is 1.16 bits per heavy atom. The summed E-state index contributed by atoms with van der Waals surface area (Å²) in [4.78, 5) is 12.4. The zero-order valence-corrected chi connectivity index (χ0v) is 15.6. The Balaban J connectivity index is 2.18. The number of carbonyl (C=O) groups excluding carboxylic acids is 1. The van der Waals surface area contributed by atoms with Crippen LogP contribution in [0.3, 0.4) is 0 Å². The molecule has 2 rings (SSSR count). The van der Waals surface area contributed by atoms with Crippen molar-refractivity contribution in [2.45, 2.75) is 17.9 Å². The molecule has 0 spiro atoms. The number of amides is 1. The molecule has 0 radical (unpaired) electrons. The largest absolute Gasteiger partial charge is 0.497 e. The Labute approximate surface area is 152 Å². The van der Waals surface area contributed by atoms with Gasteiger partial charge in [0.05, 0.1) is 17.7 Å². The number of anilines is 2. The lowest BCUT2D eigenvalue weighted by molar-refractivity contribution is -0.116. The second kappa shape index (κ2) is 7.76. The number of halogens is 1. The lowest BCUT2D eigenvalue weighted by Gasteiger charge is -2.18. The maximum absolute atomic E-state index is 12.3. The third-order valence-corrected chi connectivity index (χ3v) is 4.85. The summed E-state index contributed by atoms with van der Waals surface area (Å²) in [5.41, 5.74) is 0.933. The minimum absolute atomic E-state index is 0.0676. The monoisotopic (exact) mass is 382 g/mol. The highest BCUT2D eigenvalue weighted by Gasteiger charge is 2.19. The minimum atomic E-state index is -3.49. The number of methoxy groups -OCH3 is 1. The van der Waals surface area contributed by atoms with Gasteiger partial charge in [-0.3, -0.25) is 4.79 Å². The molecule has 0 fully saturated rings. The third-order valence-electron chi connectivity index (χ3n) is 3.47. The van der Waals surface area contributed by atoms with E-state index < -0.39 is 15.9 Å². The lowest BCUT2D eigenvalue weighted by atomic mass is 10.2. The molecule has 0 aliphatic heterocycles. The van der Waals surface area contributed by atoms with Crippen LogP contribution in [0.15, 0.2) is 47.4 Å². The number of rotatable bonds is 6. The number of hydrogen-bond acceptors (Lipinski definition) is 5. The molecule has 1 unspecified atom stereocenters. The molecule has 0 aromatic heterocycles. The number of ether oxygens (including phenoxy) is 1. The number of carbonyl (C=O) groups is 1. The van der Waals surface area contributed by atoms with Crippen molar-refractivity contribution in [3.63, 3.8) is 0 Å². The predicted molar refractivity (Wildman–Crippen MR) is 99.3 cm³/mol. The second-order valence-electron chi connectivity index (χ2n) is 5.50. The first kappa shape index (κ1) is 19.1. The first-order valence-corrected chi connectivity index (χ1v) is 9.68. The summed E-state index contributed by atoms with van der Waals surface area (Å²) in [5, 5.41) is 6.23. The van der Waals surface area contributed by atoms with Crippen LogP contribution < -0.4 is 15.4 Å². The highest BCUT2D eigenvalue weighted by Crippen LogP contribution is 2.27. The van der Waals surface area contributed by atoms with Crippen LogP contribution in [0.1, 0.15) is 6.92 Å². The SMILES string of the molecule is COc1ccc(NC(C)C(=O)Nc2ccc(Cl)cc2)c(S(C)(=O)=O)c1. The van der Waals surface area contributed by atoms with Gasteiger partial charge in [0.1, 0.15) is 11.8 Å². The fourth-order valence-electron chi connectivity index (χ4n) is 2.14. The average Bonchev–Trinajstić information content (AvgIpc) is 2.56. The maximum Gasteiger partial charge on any atom is 0.246 e. The van der Waals surface area contributed by atoms with Crippen LogP contribution in [0.4, 0.5) is 11.4 Å². The van der Waals surface area contributed by atoms with Crippen molar-refractivity contribution in [1.29, 1.82) is 0 Å². The fraction of sp³-hybridized carbons (Fsp3) is 0.235. The number of hydrogen-bond donors (Lipinski definition) is 2. The average molecular weight is 383 g/mol. The molecule has 6 nitrogen and oxygen atoms in total. The number of benzene rings is 2. The van der Waals surface area contributed by atoms with Crippen LogP contribution >= 0.6 is 11.6 Å². The van der Waals surface area contributed by atoms with Crippen molar-refractivity contribution in [2.75, 3.05) is 24.0 Å². The van der Waals surface area contributed by atoms with Gasteiger partial charge in [-0.25, -0.2) is 8.42 Å². The molecule has 134 valence electrons. The summed E-state index contributed by atoms with van der Waals surface area (Å²) in [6.45, 7) is 1.64. The quantitative estimate of drug-likeness (QED) is 0.801. The Hall–Kier alpha value is -2.25. The van der Waals surface area contributed by atoms with Gasteiger partial charge in [0.15, 0.2) is 9.84 Å². The van der Waals surface area contributed by atoms with Gasteiger partial charge >= 0.3 is 0 Å². The van der Waals surface area contributed by atoms with E-state index in [0.717, 1.165) is 6.26 Å². The minimum Gasteiger partial charge on any atom is -0.497 e. The van der Waals surface area contributed by atoms with Crippen LogP contribution in [0.5, 0.6) is 5.75 Å². The van der Waals surface area contributed by atoms with E-state index in [2.05, 4.69) is 10.6 Å². The summed E-state index contributed by atoms with van der Waals surface area (Å²) in [7, 11) is -2.03. The van der Waals surface area contributed by atoms with Gasteiger partial charge in [-0.15, -0.1) is 0 Å². The molecule has 0 heterocycles. The van der Waals surface area contributed by atoms with Gasteiger partial charge in [-0.05, 0) is 43.3 Å². The zero-order valence-electron chi connectivity index (χ0n) is 14.0. The molecule has 0 aliphatic rings. The van der Waals surface area contributed by atoms with Crippen molar-refractivity contribution in [1.82, 2.24) is 0 Å². The zero-order chi connectivity index (χ0) is 18.6. The molecular formula is C17H19ClN2O4S. The van der Waals surface area contributed by atoms with Gasteiger partial charge in [0, 0.05) is 23.0 Å². The van der Waals surface area contributed by atoms with Gasteiger partial charge < -0.3 is 15.4 Å². The smallest absolute Gasteiger partial charge is 0.246 e. The van der Waals surface area contributed by atoms with E-state index in [1.54, 1.807) is 43.3 Å². The van der Waals surface area contributed by atoms with Gasteiger partial charge in [0.25, 0.3) is 0 Å². The Kier molecular flexibility index (Phi) is 5.92. The molecule has 0 bridgehead atoms. The molecule has 25 heavy (non-hydrogen) atoms. The molecule has 0 saturated carbocycles. The first-order chi connectivity index (χ1) is 11.7. The van der Waals surface area contributed by atoms with Crippen LogP contribution in [0, 0.1) is 0 Å². The van der Waals surface area contributed by atoms with Crippen LogP contribution in [0.2, 0.25) is 5.02 Å². The van der Waals surface area contributed by atoms with E-state index >= 15 is 0 Å². The summed E-state index contributed by atoms with van der Waals surface area (Å²) in [6.07, 6.45) is 1.10.